The Kier molecular flexibility index (Phi) is 6.41. The minimum absolute atomic E-state index is 0.0176. The average molecular weight is 388 g/mol. The van der Waals surface area contributed by atoms with Gasteiger partial charge in [0.25, 0.3) is 5.91 Å². The van der Waals surface area contributed by atoms with Crippen LogP contribution in [0.2, 0.25) is 0 Å². The van der Waals surface area contributed by atoms with E-state index < -0.39 is 15.9 Å². The molecule has 0 bridgehead atoms. The van der Waals surface area contributed by atoms with Crippen LogP contribution in [0.15, 0.2) is 54.6 Å². The van der Waals surface area contributed by atoms with Crippen LogP contribution < -0.4 is 10.2 Å². The molecule has 2 rings (SSSR count). The van der Waals surface area contributed by atoms with E-state index >= 15 is 0 Å². The van der Waals surface area contributed by atoms with Crippen molar-refractivity contribution in [2.75, 3.05) is 4.72 Å². The van der Waals surface area contributed by atoms with E-state index in [9.17, 15) is 13.2 Å². The van der Waals surface area contributed by atoms with Gasteiger partial charge in [-0.05, 0) is 40.3 Å². The van der Waals surface area contributed by atoms with E-state index in [1.54, 1.807) is 24.3 Å². The molecule has 0 saturated heterocycles. The first-order valence-electron chi connectivity index (χ1n) is 8.41. The maximum atomic E-state index is 12.4. The van der Waals surface area contributed by atoms with Gasteiger partial charge in [-0.25, -0.2) is 13.9 Å². The van der Waals surface area contributed by atoms with Gasteiger partial charge in [-0.1, -0.05) is 57.2 Å². The highest BCUT2D eigenvalue weighted by molar-refractivity contribution is 7.91. The van der Waals surface area contributed by atoms with Gasteiger partial charge >= 0.3 is 0 Å². The monoisotopic (exact) mass is 388 g/mol. The van der Waals surface area contributed by atoms with Crippen molar-refractivity contribution >= 4 is 27.7 Å². The minimum Gasteiger partial charge on any atom is -0.288 e. The second kappa shape index (κ2) is 8.37. The fourth-order valence-corrected chi connectivity index (χ4v) is 3.61. The summed E-state index contributed by atoms with van der Waals surface area (Å²) in [4.78, 5) is 10.9. The van der Waals surface area contributed by atoms with Crippen LogP contribution >= 0.6 is 0 Å². The van der Waals surface area contributed by atoms with Gasteiger partial charge in [0.1, 0.15) is 0 Å². The molecule has 0 aliphatic carbocycles. The van der Waals surface area contributed by atoms with Gasteiger partial charge in [0, 0.05) is 11.8 Å². The van der Waals surface area contributed by atoms with E-state index in [1.807, 2.05) is 24.3 Å². The van der Waals surface area contributed by atoms with Gasteiger partial charge < -0.3 is 0 Å². The first kappa shape index (κ1) is 20.7. The zero-order chi connectivity index (χ0) is 20.1. The van der Waals surface area contributed by atoms with E-state index in [4.69, 9.17) is 5.21 Å². The molecular weight excluding hydrogens is 364 g/mol. The summed E-state index contributed by atoms with van der Waals surface area (Å²) in [5.74, 6) is -0.757. The number of rotatable bonds is 6. The normalized spacial score (nSPS) is 12.1. The molecule has 0 heterocycles. The third kappa shape index (κ3) is 6.54. The Balaban J connectivity index is 2.03. The summed E-state index contributed by atoms with van der Waals surface area (Å²) in [5, 5.41) is 8.43. The van der Waals surface area contributed by atoms with Crippen molar-refractivity contribution in [1.29, 1.82) is 0 Å². The number of carbonyl (C=O) groups is 1. The van der Waals surface area contributed by atoms with Crippen molar-refractivity contribution in [3.63, 3.8) is 0 Å². The number of sulfonamides is 1. The van der Waals surface area contributed by atoms with Crippen LogP contribution in [0.5, 0.6) is 0 Å². The number of hydrogen-bond donors (Lipinski definition) is 3. The molecule has 0 unspecified atom stereocenters. The molecule has 1 amide bonds. The van der Waals surface area contributed by atoms with Gasteiger partial charge in [0.05, 0.1) is 5.75 Å². The van der Waals surface area contributed by atoms with Crippen molar-refractivity contribution in [2.24, 2.45) is 0 Å². The lowest BCUT2D eigenvalue weighted by Gasteiger charge is -2.19. The summed E-state index contributed by atoms with van der Waals surface area (Å²) in [6.07, 6.45) is 2.67. The van der Waals surface area contributed by atoms with Gasteiger partial charge in [0.2, 0.25) is 10.0 Å². The van der Waals surface area contributed by atoms with Gasteiger partial charge in [-0.3, -0.25) is 14.7 Å². The lowest BCUT2D eigenvalue weighted by atomic mass is 9.87. The first-order chi connectivity index (χ1) is 12.6. The Morgan fingerprint density at radius 3 is 2.15 bits per heavy atom. The van der Waals surface area contributed by atoms with Crippen LogP contribution in [-0.4, -0.2) is 19.5 Å². The lowest BCUT2D eigenvalue weighted by Crippen LogP contribution is -2.15. The fraction of sp³-hybridized carbons (Fsp3) is 0.250. The largest absolute Gasteiger partial charge is 0.288 e. The van der Waals surface area contributed by atoms with E-state index in [2.05, 4.69) is 25.5 Å². The van der Waals surface area contributed by atoms with Crippen molar-refractivity contribution in [3.05, 3.63) is 71.3 Å². The number of hydrogen-bond acceptors (Lipinski definition) is 4. The number of hydroxylamine groups is 1. The van der Waals surface area contributed by atoms with Crippen LogP contribution in [0.25, 0.3) is 6.08 Å². The Morgan fingerprint density at radius 1 is 1.04 bits per heavy atom. The number of carbonyl (C=O) groups excluding carboxylic acids is 1. The molecule has 0 aromatic heterocycles. The molecule has 0 aliphatic rings. The Bertz CT molecular complexity index is 910. The first-order valence-corrected chi connectivity index (χ1v) is 10.1. The Labute approximate surface area is 159 Å². The average Bonchev–Trinajstić information content (AvgIpc) is 2.59. The van der Waals surface area contributed by atoms with Gasteiger partial charge in [-0.15, -0.1) is 0 Å². The molecule has 2 aromatic carbocycles. The minimum atomic E-state index is -3.54. The number of nitrogens with one attached hydrogen (secondary N) is 2. The molecule has 6 nitrogen and oxygen atoms in total. The Hall–Kier alpha value is -2.64. The predicted molar refractivity (Wildman–Crippen MR) is 107 cm³/mol. The fourth-order valence-electron chi connectivity index (χ4n) is 2.41. The smallest absolute Gasteiger partial charge is 0.267 e. The molecule has 3 N–H and O–H groups in total. The third-order valence-electron chi connectivity index (χ3n) is 3.90. The summed E-state index contributed by atoms with van der Waals surface area (Å²) >= 11 is 0. The summed E-state index contributed by atoms with van der Waals surface area (Å²) in [6.45, 7) is 6.32. The van der Waals surface area contributed by atoms with Crippen LogP contribution in [0.3, 0.4) is 0 Å². The van der Waals surface area contributed by atoms with Gasteiger partial charge in [-0.2, -0.15) is 0 Å². The zero-order valence-electron chi connectivity index (χ0n) is 15.6. The number of benzene rings is 2. The summed E-state index contributed by atoms with van der Waals surface area (Å²) in [5.41, 5.74) is 4.50. The Morgan fingerprint density at radius 2 is 1.63 bits per heavy atom. The van der Waals surface area contributed by atoms with E-state index in [0.717, 1.165) is 5.56 Å². The molecule has 0 atom stereocenters. The second-order valence-corrected chi connectivity index (χ2v) is 8.96. The molecule has 27 heavy (non-hydrogen) atoms. The molecule has 2 aromatic rings. The van der Waals surface area contributed by atoms with Gasteiger partial charge in [0.15, 0.2) is 0 Å². The molecule has 7 heteroatoms. The topological polar surface area (TPSA) is 95.5 Å². The van der Waals surface area contributed by atoms with Crippen LogP contribution in [0.1, 0.15) is 37.5 Å². The van der Waals surface area contributed by atoms with Crippen molar-refractivity contribution in [3.8, 4) is 0 Å². The van der Waals surface area contributed by atoms with E-state index in [0.29, 0.717) is 16.8 Å². The summed E-state index contributed by atoms with van der Waals surface area (Å²) in [7, 11) is -3.54. The van der Waals surface area contributed by atoms with Crippen molar-refractivity contribution in [2.45, 2.75) is 31.9 Å². The second-order valence-electron chi connectivity index (χ2n) is 7.24. The molecule has 0 fully saturated rings. The predicted octanol–water partition coefficient (Wildman–Crippen LogP) is 3.44. The van der Waals surface area contributed by atoms with Crippen LogP contribution in [0, 0.1) is 0 Å². The molecule has 0 saturated carbocycles. The highest BCUT2D eigenvalue weighted by atomic mass is 32.2. The van der Waals surface area contributed by atoms with Crippen molar-refractivity contribution in [1.82, 2.24) is 5.48 Å². The van der Waals surface area contributed by atoms with E-state index in [-0.39, 0.29) is 11.2 Å². The standard InChI is InChI=1S/C20H24N2O4S/c1-20(2,3)17-9-4-16(5-10-17)14-27(25,26)22-18-11-6-15(7-12-18)8-13-19(23)21-24/h4-13,22,24H,14H2,1-3H3,(H,21,23)/b13-8-. The maximum Gasteiger partial charge on any atom is 0.267 e. The highest BCUT2D eigenvalue weighted by Gasteiger charge is 2.15. The summed E-state index contributed by atoms with van der Waals surface area (Å²) in [6, 6.07) is 14.1. The SMILES string of the molecule is CC(C)(C)c1ccc(CS(=O)(=O)Nc2ccc(/C=C\C(=O)NO)cc2)cc1. The van der Waals surface area contributed by atoms with E-state index in [1.165, 1.54) is 17.6 Å². The summed E-state index contributed by atoms with van der Waals surface area (Å²) < 4.78 is 27.3. The zero-order valence-corrected chi connectivity index (χ0v) is 16.4. The molecule has 144 valence electrons. The molecule has 0 aliphatic heterocycles. The molecular formula is C20H24N2O4S. The quantitative estimate of drug-likeness (QED) is 0.401. The number of anilines is 1. The van der Waals surface area contributed by atoms with Crippen LogP contribution in [-0.2, 0) is 26.0 Å². The van der Waals surface area contributed by atoms with Crippen LogP contribution in [0.4, 0.5) is 5.69 Å². The highest BCUT2D eigenvalue weighted by Crippen LogP contribution is 2.23. The van der Waals surface area contributed by atoms with Crippen molar-refractivity contribution < 1.29 is 18.4 Å². The third-order valence-corrected chi connectivity index (χ3v) is 5.16. The maximum absolute atomic E-state index is 12.4. The number of amides is 1. The molecule has 0 spiro atoms. The molecule has 0 radical (unpaired) electrons. The lowest BCUT2D eigenvalue weighted by molar-refractivity contribution is -0.124.